The molecule has 0 aliphatic rings. The van der Waals surface area contributed by atoms with Gasteiger partial charge in [-0.2, -0.15) is 0 Å². The Morgan fingerprint density at radius 1 is 1.47 bits per heavy atom. The van der Waals surface area contributed by atoms with Crippen LogP contribution in [0.4, 0.5) is 0 Å². The summed E-state index contributed by atoms with van der Waals surface area (Å²) >= 11 is 1.58. The van der Waals surface area contributed by atoms with Gasteiger partial charge in [-0.05, 0) is 18.6 Å². The Hall–Kier alpha value is -1.48. The summed E-state index contributed by atoms with van der Waals surface area (Å²) in [6, 6.07) is 7.97. The average molecular weight is 217 g/mol. The molecule has 0 spiro atoms. The smallest absolute Gasteiger partial charge is 0.134 e. The topological polar surface area (TPSA) is 30.0 Å². The molecule has 0 radical (unpaired) electrons. The van der Waals surface area contributed by atoms with E-state index in [2.05, 4.69) is 4.98 Å². The van der Waals surface area contributed by atoms with Crippen LogP contribution in [0.2, 0.25) is 0 Å². The Morgan fingerprint density at radius 2 is 2.33 bits per heavy atom. The first kappa shape index (κ1) is 10.1. The van der Waals surface area contributed by atoms with E-state index in [1.54, 1.807) is 18.3 Å². The molecule has 3 heteroatoms. The van der Waals surface area contributed by atoms with Gasteiger partial charge >= 0.3 is 0 Å². The largest absolute Gasteiger partial charge is 0.300 e. The first-order valence-electron chi connectivity index (χ1n) is 4.72. The number of hydrogen-bond donors (Lipinski definition) is 0. The molecule has 0 aliphatic heterocycles. The van der Waals surface area contributed by atoms with E-state index >= 15 is 0 Å². The maximum atomic E-state index is 11.0. The average Bonchev–Trinajstić information content (AvgIpc) is 2.69. The zero-order valence-corrected chi connectivity index (χ0v) is 9.25. The van der Waals surface area contributed by atoms with Crippen LogP contribution in [0.1, 0.15) is 12.5 Å². The molecule has 0 N–H and O–H groups in total. The van der Waals surface area contributed by atoms with Crippen molar-refractivity contribution in [1.82, 2.24) is 4.98 Å². The number of rotatable bonds is 3. The normalized spacial score (nSPS) is 10.2. The highest BCUT2D eigenvalue weighted by Gasteiger charge is 2.02. The molecule has 1 aromatic heterocycles. The number of ketones is 1. The highest BCUT2D eigenvalue weighted by molar-refractivity contribution is 7.07. The third-order valence-electron chi connectivity index (χ3n) is 2.11. The molecular formula is C12H11NOS. The molecule has 0 amide bonds. The van der Waals surface area contributed by atoms with E-state index in [1.165, 1.54) is 0 Å². The van der Waals surface area contributed by atoms with Crippen molar-refractivity contribution >= 4 is 17.1 Å². The number of aromatic nitrogens is 1. The third-order valence-corrected chi connectivity index (χ3v) is 2.69. The molecule has 76 valence electrons. The molecule has 0 saturated carbocycles. The number of Topliss-reactive ketones (excluding diaryl/α,β-unsaturated/α-hetero) is 1. The molecule has 0 unspecified atom stereocenters. The van der Waals surface area contributed by atoms with Gasteiger partial charge in [0.2, 0.25) is 0 Å². The lowest BCUT2D eigenvalue weighted by Gasteiger charge is -2.00. The Labute approximate surface area is 92.6 Å². The Morgan fingerprint density at radius 3 is 3.00 bits per heavy atom. The van der Waals surface area contributed by atoms with E-state index in [0.29, 0.717) is 6.42 Å². The summed E-state index contributed by atoms with van der Waals surface area (Å²) in [5.74, 6) is 0.186. The second-order valence-corrected chi connectivity index (χ2v) is 4.17. The quantitative estimate of drug-likeness (QED) is 0.791. The molecule has 0 fully saturated rings. The number of hydrogen-bond acceptors (Lipinski definition) is 3. The number of thiazole rings is 1. The molecule has 1 heterocycles. The van der Waals surface area contributed by atoms with Crippen LogP contribution in [0.5, 0.6) is 0 Å². The summed E-state index contributed by atoms with van der Waals surface area (Å²) in [5.41, 5.74) is 4.92. The minimum absolute atomic E-state index is 0.186. The predicted octanol–water partition coefficient (Wildman–Crippen LogP) is 2.94. The highest BCUT2D eigenvalue weighted by Crippen LogP contribution is 2.20. The zero-order chi connectivity index (χ0) is 10.7. The van der Waals surface area contributed by atoms with Crippen LogP contribution >= 0.6 is 11.3 Å². The third kappa shape index (κ3) is 2.50. The van der Waals surface area contributed by atoms with Gasteiger partial charge in [-0.3, -0.25) is 4.79 Å². The van der Waals surface area contributed by atoms with E-state index in [4.69, 9.17) is 0 Å². The van der Waals surface area contributed by atoms with Gasteiger partial charge in [-0.1, -0.05) is 18.2 Å². The van der Waals surface area contributed by atoms with Gasteiger partial charge in [-0.25, -0.2) is 4.98 Å². The van der Waals surface area contributed by atoms with Crippen LogP contribution in [0.25, 0.3) is 11.3 Å². The van der Waals surface area contributed by atoms with Crippen molar-refractivity contribution in [3.05, 3.63) is 40.7 Å². The van der Waals surface area contributed by atoms with Crippen LogP contribution < -0.4 is 0 Å². The van der Waals surface area contributed by atoms with Crippen molar-refractivity contribution < 1.29 is 4.79 Å². The van der Waals surface area contributed by atoms with Gasteiger partial charge < -0.3 is 0 Å². The van der Waals surface area contributed by atoms with Crippen LogP contribution in [0.3, 0.4) is 0 Å². The van der Waals surface area contributed by atoms with Crippen LogP contribution in [0, 0.1) is 0 Å². The highest BCUT2D eigenvalue weighted by atomic mass is 32.1. The maximum Gasteiger partial charge on any atom is 0.134 e. The standard InChI is InChI=1S/C12H11NOS/c1-9(14)5-10-3-2-4-11(6-10)12-7-15-8-13-12/h2-4,6-8H,5H2,1H3. The van der Waals surface area contributed by atoms with E-state index in [9.17, 15) is 4.79 Å². The van der Waals surface area contributed by atoms with Crippen LogP contribution in [-0.2, 0) is 11.2 Å². The number of carbonyl (C=O) groups is 1. The number of carbonyl (C=O) groups excluding carboxylic acids is 1. The van der Waals surface area contributed by atoms with E-state index in [-0.39, 0.29) is 5.78 Å². The molecule has 15 heavy (non-hydrogen) atoms. The van der Waals surface area contributed by atoms with Crippen molar-refractivity contribution in [3.8, 4) is 11.3 Å². The van der Waals surface area contributed by atoms with Gasteiger partial charge in [-0.15, -0.1) is 11.3 Å². The SMILES string of the molecule is CC(=O)Cc1cccc(-c2cscn2)c1. The summed E-state index contributed by atoms with van der Waals surface area (Å²) in [4.78, 5) is 15.2. The summed E-state index contributed by atoms with van der Waals surface area (Å²) in [7, 11) is 0. The van der Waals surface area contributed by atoms with Gasteiger partial charge in [0.25, 0.3) is 0 Å². The molecule has 1 aromatic carbocycles. The lowest BCUT2D eigenvalue weighted by molar-refractivity contribution is -0.116. The van der Waals surface area contributed by atoms with Crippen LogP contribution in [-0.4, -0.2) is 10.8 Å². The van der Waals surface area contributed by atoms with Gasteiger partial charge in [0, 0.05) is 17.4 Å². The van der Waals surface area contributed by atoms with Crippen molar-refractivity contribution in [2.24, 2.45) is 0 Å². The number of benzene rings is 1. The first-order chi connectivity index (χ1) is 7.25. The fourth-order valence-electron chi connectivity index (χ4n) is 1.48. The monoisotopic (exact) mass is 217 g/mol. The summed E-state index contributed by atoms with van der Waals surface area (Å²) in [5, 5.41) is 2.01. The van der Waals surface area contributed by atoms with Gasteiger partial charge in [0.15, 0.2) is 0 Å². The molecule has 2 aromatic rings. The summed E-state index contributed by atoms with van der Waals surface area (Å²) in [6.07, 6.45) is 0.498. The molecule has 0 atom stereocenters. The Bertz CT molecular complexity index is 462. The second kappa shape index (κ2) is 4.36. The molecule has 0 bridgehead atoms. The van der Waals surface area contributed by atoms with Crippen molar-refractivity contribution in [2.75, 3.05) is 0 Å². The fraction of sp³-hybridized carbons (Fsp3) is 0.167. The number of nitrogens with zero attached hydrogens (tertiary/aromatic N) is 1. The van der Waals surface area contributed by atoms with Gasteiger partial charge in [0.1, 0.15) is 5.78 Å². The molecular weight excluding hydrogens is 206 g/mol. The van der Waals surface area contributed by atoms with Gasteiger partial charge in [0.05, 0.1) is 11.2 Å². The fourth-order valence-corrected chi connectivity index (χ4v) is 2.04. The van der Waals surface area contributed by atoms with Crippen molar-refractivity contribution in [1.29, 1.82) is 0 Å². The van der Waals surface area contributed by atoms with Crippen molar-refractivity contribution in [3.63, 3.8) is 0 Å². The Kier molecular flexibility index (Phi) is 2.92. The lowest BCUT2D eigenvalue weighted by Crippen LogP contribution is -1.95. The van der Waals surface area contributed by atoms with Crippen LogP contribution in [0.15, 0.2) is 35.2 Å². The minimum atomic E-state index is 0.186. The maximum absolute atomic E-state index is 11.0. The van der Waals surface area contributed by atoms with E-state index in [1.807, 2.05) is 35.2 Å². The minimum Gasteiger partial charge on any atom is -0.300 e. The second-order valence-electron chi connectivity index (χ2n) is 3.45. The lowest BCUT2D eigenvalue weighted by atomic mass is 10.1. The first-order valence-corrected chi connectivity index (χ1v) is 5.67. The molecule has 2 nitrogen and oxygen atoms in total. The summed E-state index contributed by atoms with van der Waals surface area (Å²) < 4.78 is 0. The van der Waals surface area contributed by atoms with E-state index in [0.717, 1.165) is 16.8 Å². The zero-order valence-electron chi connectivity index (χ0n) is 8.43. The Balaban J connectivity index is 2.31. The van der Waals surface area contributed by atoms with E-state index < -0.39 is 0 Å². The molecule has 0 saturated heterocycles. The van der Waals surface area contributed by atoms with Crippen molar-refractivity contribution in [2.45, 2.75) is 13.3 Å². The predicted molar refractivity (Wildman–Crippen MR) is 61.9 cm³/mol. The molecule has 0 aliphatic carbocycles. The molecule has 2 rings (SSSR count). The summed E-state index contributed by atoms with van der Waals surface area (Å²) in [6.45, 7) is 1.61.